The van der Waals surface area contributed by atoms with Gasteiger partial charge in [0, 0.05) is 12.6 Å². The minimum atomic E-state index is -0.797. The maximum absolute atomic E-state index is 12.7. The van der Waals surface area contributed by atoms with Crippen LogP contribution in [-0.2, 0) is 14.4 Å². The lowest BCUT2D eigenvalue weighted by molar-refractivity contribution is -0.155. The number of benzene rings is 2. The number of likely N-dealkylation sites (tertiary alicyclic amines) is 1. The molecule has 3 aliphatic rings. The molecule has 134 valence electrons. The molecule has 0 unspecified atom stereocenters. The molecular formula is C21H17N3O3. The Hall–Kier alpha value is -3.25. The molecule has 2 fully saturated rings. The van der Waals surface area contributed by atoms with Crippen molar-refractivity contribution in [3.8, 4) is 0 Å². The second-order valence-electron chi connectivity index (χ2n) is 6.83. The van der Waals surface area contributed by atoms with Crippen LogP contribution in [0, 0.1) is 5.92 Å². The van der Waals surface area contributed by atoms with Crippen LogP contribution < -0.4 is 0 Å². The van der Waals surface area contributed by atoms with E-state index in [1.165, 1.54) is 11.9 Å². The number of carbonyl (C=O) groups excluding carboxylic acids is 2. The highest BCUT2D eigenvalue weighted by molar-refractivity contribution is 6.08. The quantitative estimate of drug-likeness (QED) is 0.774. The third-order valence-electron chi connectivity index (χ3n) is 5.28. The first-order valence-electron chi connectivity index (χ1n) is 8.83. The molecule has 6 heteroatoms. The monoisotopic (exact) mass is 359 g/mol. The Morgan fingerprint density at radius 1 is 0.963 bits per heavy atom. The summed E-state index contributed by atoms with van der Waals surface area (Å²) in [7, 11) is 1.51. The second kappa shape index (κ2) is 5.89. The van der Waals surface area contributed by atoms with Gasteiger partial charge >= 0.3 is 0 Å². The highest BCUT2D eigenvalue weighted by atomic mass is 16.7. The topological polar surface area (TPSA) is 62.2 Å². The lowest BCUT2D eigenvalue weighted by atomic mass is 9.89. The molecule has 3 atom stereocenters. The fourth-order valence-corrected chi connectivity index (χ4v) is 3.93. The van der Waals surface area contributed by atoms with Crippen LogP contribution in [0.5, 0.6) is 0 Å². The fourth-order valence-electron chi connectivity index (χ4n) is 3.93. The van der Waals surface area contributed by atoms with E-state index < -0.39 is 12.0 Å². The van der Waals surface area contributed by atoms with Crippen molar-refractivity contribution in [1.82, 2.24) is 9.96 Å². The van der Waals surface area contributed by atoms with Crippen molar-refractivity contribution in [2.45, 2.75) is 12.1 Å². The summed E-state index contributed by atoms with van der Waals surface area (Å²) < 4.78 is 0. The molecule has 3 aliphatic heterocycles. The molecule has 6 nitrogen and oxygen atoms in total. The maximum atomic E-state index is 12.7. The van der Waals surface area contributed by atoms with Gasteiger partial charge in [-0.2, -0.15) is 0 Å². The summed E-state index contributed by atoms with van der Waals surface area (Å²) in [5.74, 6) is -0.483. The SMILES string of the molecule is CN1C(=O)[C@H]2[C@H]3c4ccccc4N=C(/C=C/c4ccccc4)N3O[C@H]2C1=O. The lowest BCUT2D eigenvalue weighted by Gasteiger charge is -2.31. The van der Waals surface area contributed by atoms with Gasteiger partial charge in [0.15, 0.2) is 11.9 Å². The Balaban J connectivity index is 1.59. The van der Waals surface area contributed by atoms with Crippen LogP contribution in [0.15, 0.2) is 65.7 Å². The minimum absolute atomic E-state index is 0.208. The predicted molar refractivity (Wildman–Crippen MR) is 99.7 cm³/mol. The summed E-state index contributed by atoms with van der Waals surface area (Å²) in [6.07, 6.45) is 3.00. The van der Waals surface area contributed by atoms with Crippen molar-refractivity contribution in [2.75, 3.05) is 7.05 Å². The van der Waals surface area contributed by atoms with E-state index in [9.17, 15) is 9.59 Å². The molecule has 3 heterocycles. The number of amides is 2. The number of carbonyl (C=O) groups is 2. The number of nitrogens with zero attached hydrogens (tertiary/aromatic N) is 3. The molecule has 2 saturated heterocycles. The van der Waals surface area contributed by atoms with Gasteiger partial charge in [-0.25, -0.2) is 10.1 Å². The smallest absolute Gasteiger partial charge is 0.261 e. The first-order valence-corrected chi connectivity index (χ1v) is 8.83. The zero-order valence-corrected chi connectivity index (χ0v) is 14.6. The van der Waals surface area contributed by atoms with Gasteiger partial charge in [0.1, 0.15) is 12.0 Å². The van der Waals surface area contributed by atoms with Crippen LogP contribution in [0.3, 0.4) is 0 Å². The van der Waals surface area contributed by atoms with E-state index in [1.807, 2.05) is 66.7 Å². The van der Waals surface area contributed by atoms with Crippen molar-refractivity contribution >= 4 is 29.4 Å². The van der Waals surface area contributed by atoms with E-state index in [-0.39, 0.29) is 17.9 Å². The number of hydrogen-bond acceptors (Lipinski definition) is 5. The van der Waals surface area contributed by atoms with E-state index in [0.717, 1.165) is 16.8 Å². The Kier molecular flexibility index (Phi) is 3.48. The molecule has 0 spiro atoms. The third kappa shape index (κ3) is 2.34. The maximum Gasteiger partial charge on any atom is 0.261 e. The van der Waals surface area contributed by atoms with Crippen LogP contribution in [-0.4, -0.2) is 40.8 Å². The highest BCUT2D eigenvalue weighted by Gasteiger charge is 2.60. The number of amidine groups is 1. The Labute approximate surface area is 156 Å². The largest absolute Gasteiger partial charge is 0.283 e. The van der Waals surface area contributed by atoms with Crippen LogP contribution in [0.2, 0.25) is 0 Å². The predicted octanol–water partition coefficient (Wildman–Crippen LogP) is 2.72. The minimum Gasteiger partial charge on any atom is -0.283 e. The Morgan fingerprint density at radius 3 is 2.52 bits per heavy atom. The van der Waals surface area contributed by atoms with Crippen LogP contribution in [0.1, 0.15) is 17.2 Å². The molecule has 0 radical (unpaired) electrons. The van der Waals surface area contributed by atoms with E-state index in [2.05, 4.69) is 0 Å². The summed E-state index contributed by atoms with van der Waals surface area (Å²) in [4.78, 5) is 36.9. The van der Waals surface area contributed by atoms with E-state index >= 15 is 0 Å². The van der Waals surface area contributed by atoms with Gasteiger partial charge < -0.3 is 0 Å². The summed E-state index contributed by atoms with van der Waals surface area (Å²) in [6, 6.07) is 17.2. The standard InChI is InChI=1S/C21H17N3O3/c1-23-20(25)17-18-14-9-5-6-10-15(14)22-16(24(18)27-19(17)21(23)26)12-11-13-7-3-2-4-8-13/h2-12,17-19H,1H3/b12-11+/t17-,18+,19+/m0/s1. The molecule has 0 bridgehead atoms. The molecule has 0 aromatic heterocycles. The van der Waals surface area contributed by atoms with Crippen molar-refractivity contribution < 1.29 is 14.4 Å². The number of para-hydroxylation sites is 1. The lowest BCUT2D eigenvalue weighted by Crippen LogP contribution is -2.38. The van der Waals surface area contributed by atoms with Gasteiger partial charge in [0.25, 0.3) is 5.91 Å². The molecular weight excluding hydrogens is 342 g/mol. The first kappa shape index (κ1) is 16.0. The average molecular weight is 359 g/mol. The number of hydroxylamine groups is 2. The van der Waals surface area contributed by atoms with Gasteiger partial charge in [-0.1, -0.05) is 54.6 Å². The third-order valence-corrected chi connectivity index (χ3v) is 5.28. The number of rotatable bonds is 2. The Morgan fingerprint density at radius 2 is 1.70 bits per heavy atom. The zero-order chi connectivity index (χ0) is 18.5. The number of aliphatic imine (C=N–C) groups is 1. The average Bonchev–Trinajstić information content (AvgIpc) is 3.20. The summed E-state index contributed by atoms with van der Waals surface area (Å²) >= 11 is 0. The summed E-state index contributed by atoms with van der Waals surface area (Å²) in [5, 5.41) is 1.62. The molecule has 2 amide bonds. The molecule has 2 aromatic carbocycles. The molecule has 0 saturated carbocycles. The Bertz CT molecular complexity index is 999. The molecule has 0 N–H and O–H groups in total. The molecule has 5 rings (SSSR count). The zero-order valence-electron chi connectivity index (χ0n) is 14.6. The van der Waals surface area contributed by atoms with E-state index in [1.54, 1.807) is 5.06 Å². The van der Waals surface area contributed by atoms with Crippen LogP contribution >= 0.6 is 0 Å². The number of hydrogen-bond donors (Lipinski definition) is 0. The van der Waals surface area contributed by atoms with Gasteiger partial charge in [-0.05, 0) is 17.7 Å². The fraction of sp³-hybridized carbons (Fsp3) is 0.190. The normalized spacial score (nSPS) is 26.3. The number of imide groups is 1. The first-order chi connectivity index (χ1) is 13.1. The van der Waals surface area contributed by atoms with E-state index in [4.69, 9.17) is 9.83 Å². The molecule has 27 heavy (non-hydrogen) atoms. The number of likely N-dealkylation sites (N-methyl/N-ethyl adjacent to an activating group) is 1. The van der Waals surface area contributed by atoms with Gasteiger partial charge in [0.2, 0.25) is 5.91 Å². The number of fused-ring (bicyclic) bond motifs is 5. The van der Waals surface area contributed by atoms with Crippen LogP contribution in [0.4, 0.5) is 5.69 Å². The summed E-state index contributed by atoms with van der Waals surface area (Å²) in [6.45, 7) is 0. The van der Waals surface area contributed by atoms with Gasteiger partial charge in [0.05, 0.1) is 5.69 Å². The highest BCUT2D eigenvalue weighted by Crippen LogP contribution is 2.49. The van der Waals surface area contributed by atoms with Crippen molar-refractivity contribution in [1.29, 1.82) is 0 Å². The van der Waals surface area contributed by atoms with Crippen LogP contribution in [0.25, 0.3) is 6.08 Å². The van der Waals surface area contributed by atoms with Gasteiger partial charge in [-0.15, -0.1) is 0 Å². The van der Waals surface area contributed by atoms with Crippen molar-refractivity contribution in [2.24, 2.45) is 10.9 Å². The molecule has 0 aliphatic carbocycles. The van der Waals surface area contributed by atoms with Crippen molar-refractivity contribution in [3.05, 3.63) is 71.8 Å². The van der Waals surface area contributed by atoms with Crippen molar-refractivity contribution in [3.63, 3.8) is 0 Å². The summed E-state index contributed by atoms with van der Waals surface area (Å²) in [5.41, 5.74) is 2.73. The van der Waals surface area contributed by atoms with Gasteiger partial charge in [-0.3, -0.25) is 19.3 Å². The second-order valence-corrected chi connectivity index (χ2v) is 6.83. The van der Waals surface area contributed by atoms with E-state index in [0.29, 0.717) is 5.84 Å². The molecule has 2 aromatic rings.